The molecule has 80 valence electrons. The van der Waals surface area contributed by atoms with Crippen molar-refractivity contribution < 1.29 is 4.79 Å². The van der Waals surface area contributed by atoms with Crippen molar-refractivity contribution in [3.8, 4) is 6.07 Å². The number of carbonyl (C=O) groups excluding carboxylic acids is 1. The quantitative estimate of drug-likeness (QED) is 0.589. The van der Waals surface area contributed by atoms with Gasteiger partial charge in [-0.15, -0.1) is 0 Å². The zero-order valence-corrected chi connectivity index (χ0v) is 8.97. The standard InChI is InChI=1S/C10H19N3O/c1-9(2)8-13-10(14)4-7-12-6-3-5-11/h9,12H,3-4,6-8H2,1-2H3,(H,13,14). The Morgan fingerprint density at radius 2 is 2.14 bits per heavy atom. The molecule has 0 saturated carbocycles. The first kappa shape index (κ1) is 12.9. The van der Waals surface area contributed by atoms with Gasteiger partial charge in [0.05, 0.1) is 6.07 Å². The van der Waals surface area contributed by atoms with Gasteiger partial charge < -0.3 is 10.6 Å². The van der Waals surface area contributed by atoms with E-state index in [9.17, 15) is 4.79 Å². The Morgan fingerprint density at radius 1 is 1.43 bits per heavy atom. The fourth-order valence-electron chi connectivity index (χ4n) is 0.878. The molecule has 0 radical (unpaired) electrons. The lowest BCUT2D eigenvalue weighted by molar-refractivity contribution is -0.121. The van der Waals surface area contributed by atoms with E-state index in [1.165, 1.54) is 0 Å². The van der Waals surface area contributed by atoms with Gasteiger partial charge in [-0.3, -0.25) is 4.79 Å². The summed E-state index contributed by atoms with van der Waals surface area (Å²) < 4.78 is 0. The molecule has 4 nitrogen and oxygen atoms in total. The first-order valence-corrected chi connectivity index (χ1v) is 5.01. The molecule has 0 spiro atoms. The molecule has 0 fully saturated rings. The van der Waals surface area contributed by atoms with Crippen LogP contribution in [0.4, 0.5) is 0 Å². The molecule has 0 aromatic carbocycles. The number of hydrogen-bond acceptors (Lipinski definition) is 3. The number of rotatable bonds is 7. The number of carbonyl (C=O) groups is 1. The van der Waals surface area contributed by atoms with Crippen LogP contribution in [0.3, 0.4) is 0 Å². The molecule has 0 heterocycles. The highest BCUT2D eigenvalue weighted by Gasteiger charge is 2.00. The highest BCUT2D eigenvalue weighted by atomic mass is 16.1. The van der Waals surface area contributed by atoms with E-state index in [0.29, 0.717) is 31.8 Å². The largest absolute Gasteiger partial charge is 0.356 e. The van der Waals surface area contributed by atoms with E-state index < -0.39 is 0 Å². The lowest BCUT2D eigenvalue weighted by atomic mass is 10.2. The minimum Gasteiger partial charge on any atom is -0.356 e. The Kier molecular flexibility index (Phi) is 7.86. The molecule has 0 aromatic heterocycles. The highest BCUT2D eigenvalue weighted by molar-refractivity contribution is 5.76. The Bertz CT molecular complexity index is 196. The fourth-order valence-corrected chi connectivity index (χ4v) is 0.878. The van der Waals surface area contributed by atoms with E-state index in [2.05, 4.69) is 24.5 Å². The SMILES string of the molecule is CC(C)CNC(=O)CCNCCC#N. The van der Waals surface area contributed by atoms with Crippen molar-refractivity contribution in [3.63, 3.8) is 0 Å². The van der Waals surface area contributed by atoms with Crippen LogP contribution in [0.15, 0.2) is 0 Å². The van der Waals surface area contributed by atoms with Gasteiger partial charge in [-0.1, -0.05) is 13.8 Å². The summed E-state index contributed by atoms with van der Waals surface area (Å²) in [5, 5.41) is 14.1. The second-order valence-electron chi connectivity index (χ2n) is 3.61. The van der Waals surface area contributed by atoms with Crippen LogP contribution in [0.1, 0.15) is 26.7 Å². The minimum atomic E-state index is 0.0724. The Hall–Kier alpha value is -1.08. The molecule has 0 aliphatic rings. The third-order valence-electron chi connectivity index (χ3n) is 1.65. The third kappa shape index (κ3) is 9.01. The molecule has 0 aliphatic carbocycles. The molecule has 0 rings (SSSR count). The van der Waals surface area contributed by atoms with Crippen LogP contribution < -0.4 is 10.6 Å². The molecule has 0 atom stereocenters. The average molecular weight is 197 g/mol. The topological polar surface area (TPSA) is 64.9 Å². The van der Waals surface area contributed by atoms with Crippen molar-refractivity contribution >= 4 is 5.91 Å². The van der Waals surface area contributed by atoms with Gasteiger partial charge >= 0.3 is 0 Å². The van der Waals surface area contributed by atoms with Gasteiger partial charge in [-0.2, -0.15) is 5.26 Å². The second-order valence-corrected chi connectivity index (χ2v) is 3.61. The van der Waals surface area contributed by atoms with E-state index in [4.69, 9.17) is 5.26 Å². The van der Waals surface area contributed by atoms with E-state index in [0.717, 1.165) is 6.54 Å². The predicted octanol–water partition coefficient (Wildman–Crippen LogP) is 0.652. The van der Waals surface area contributed by atoms with Crippen molar-refractivity contribution in [2.45, 2.75) is 26.7 Å². The lowest BCUT2D eigenvalue weighted by Gasteiger charge is -2.07. The van der Waals surface area contributed by atoms with Crippen LogP contribution in [0.2, 0.25) is 0 Å². The zero-order chi connectivity index (χ0) is 10.8. The van der Waals surface area contributed by atoms with E-state index in [1.807, 2.05) is 6.07 Å². The predicted molar refractivity (Wildman–Crippen MR) is 55.6 cm³/mol. The van der Waals surface area contributed by atoms with E-state index >= 15 is 0 Å². The van der Waals surface area contributed by atoms with Gasteiger partial charge in [-0.25, -0.2) is 0 Å². The van der Waals surface area contributed by atoms with Crippen LogP contribution in [0.25, 0.3) is 0 Å². The van der Waals surface area contributed by atoms with Gasteiger partial charge in [0.25, 0.3) is 0 Å². The summed E-state index contributed by atoms with van der Waals surface area (Å²) in [4.78, 5) is 11.2. The van der Waals surface area contributed by atoms with Crippen LogP contribution in [-0.4, -0.2) is 25.5 Å². The van der Waals surface area contributed by atoms with Gasteiger partial charge in [0, 0.05) is 32.5 Å². The summed E-state index contributed by atoms with van der Waals surface area (Å²) >= 11 is 0. The van der Waals surface area contributed by atoms with Crippen molar-refractivity contribution in [1.82, 2.24) is 10.6 Å². The fraction of sp³-hybridized carbons (Fsp3) is 0.800. The average Bonchev–Trinajstić information content (AvgIpc) is 2.14. The maximum absolute atomic E-state index is 11.2. The van der Waals surface area contributed by atoms with Gasteiger partial charge in [0.2, 0.25) is 5.91 Å². The van der Waals surface area contributed by atoms with Crippen LogP contribution in [-0.2, 0) is 4.79 Å². The van der Waals surface area contributed by atoms with Crippen LogP contribution in [0, 0.1) is 17.2 Å². The number of nitrogens with zero attached hydrogens (tertiary/aromatic N) is 1. The molecule has 1 amide bonds. The van der Waals surface area contributed by atoms with Crippen molar-refractivity contribution in [2.75, 3.05) is 19.6 Å². The van der Waals surface area contributed by atoms with Crippen molar-refractivity contribution in [1.29, 1.82) is 5.26 Å². The first-order valence-electron chi connectivity index (χ1n) is 5.01. The third-order valence-corrected chi connectivity index (χ3v) is 1.65. The maximum atomic E-state index is 11.2. The molecule has 0 aliphatic heterocycles. The molecule has 2 N–H and O–H groups in total. The number of amides is 1. The first-order chi connectivity index (χ1) is 6.66. The summed E-state index contributed by atoms with van der Waals surface area (Å²) in [6.07, 6.45) is 0.978. The summed E-state index contributed by atoms with van der Waals surface area (Å²) in [6, 6.07) is 2.03. The smallest absolute Gasteiger partial charge is 0.221 e. The summed E-state index contributed by atoms with van der Waals surface area (Å²) in [6.45, 7) is 6.16. The van der Waals surface area contributed by atoms with E-state index in [1.54, 1.807) is 0 Å². The number of nitrogens with one attached hydrogen (secondary N) is 2. The molecular formula is C10H19N3O. The molecule has 0 unspecified atom stereocenters. The van der Waals surface area contributed by atoms with Gasteiger partial charge in [-0.05, 0) is 5.92 Å². The Morgan fingerprint density at radius 3 is 2.71 bits per heavy atom. The van der Waals surface area contributed by atoms with E-state index in [-0.39, 0.29) is 5.91 Å². The zero-order valence-electron chi connectivity index (χ0n) is 8.97. The molecule has 0 bridgehead atoms. The van der Waals surface area contributed by atoms with Crippen molar-refractivity contribution in [2.24, 2.45) is 5.92 Å². The van der Waals surface area contributed by atoms with Gasteiger partial charge in [0.15, 0.2) is 0 Å². The lowest BCUT2D eigenvalue weighted by Crippen LogP contribution is -2.30. The molecule has 4 heteroatoms. The summed E-state index contributed by atoms with van der Waals surface area (Å²) in [5.41, 5.74) is 0. The van der Waals surface area contributed by atoms with Crippen LogP contribution >= 0.6 is 0 Å². The monoisotopic (exact) mass is 197 g/mol. The second kappa shape index (κ2) is 8.52. The van der Waals surface area contributed by atoms with Crippen LogP contribution in [0.5, 0.6) is 0 Å². The number of nitriles is 1. The minimum absolute atomic E-state index is 0.0724. The summed E-state index contributed by atoms with van der Waals surface area (Å²) in [7, 11) is 0. The van der Waals surface area contributed by atoms with Gasteiger partial charge in [0.1, 0.15) is 0 Å². The molecule has 0 aromatic rings. The normalized spacial score (nSPS) is 9.86. The molecule has 0 saturated heterocycles. The number of hydrogen-bond donors (Lipinski definition) is 2. The highest BCUT2D eigenvalue weighted by Crippen LogP contribution is 1.87. The molecular weight excluding hydrogens is 178 g/mol. The Labute approximate surface area is 85.7 Å². The Balaban J connectivity index is 3.24. The summed E-state index contributed by atoms with van der Waals surface area (Å²) in [5.74, 6) is 0.564. The molecule has 14 heavy (non-hydrogen) atoms. The van der Waals surface area contributed by atoms with Crippen molar-refractivity contribution in [3.05, 3.63) is 0 Å². The maximum Gasteiger partial charge on any atom is 0.221 e.